The summed E-state index contributed by atoms with van der Waals surface area (Å²) in [7, 11) is 1.61. The topological polar surface area (TPSA) is 35.2 Å². The van der Waals surface area contributed by atoms with Crippen molar-refractivity contribution in [2.75, 3.05) is 7.11 Å². The minimum Gasteiger partial charge on any atom is -0.380 e. The van der Waals surface area contributed by atoms with Crippen molar-refractivity contribution in [1.29, 1.82) is 0 Å². The lowest BCUT2D eigenvalue weighted by Crippen LogP contribution is -2.32. The number of ether oxygens (including phenoxy) is 1. The summed E-state index contributed by atoms with van der Waals surface area (Å²) in [6.07, 6.45) is 1.98. The van der Waals surface area contributed by atoms with E-state index in [4.69, 9.17) is 10.5 Å². The maximum Gasteiger partial charge on any atom is 0.127 e. The highest BCUT2D eigenvalue weighted by Crippen LogP contribution is 2.51. The van der Waals surface area contributed by atoms with Crippen LogP contribution in [-0.4, -0.2) is 13.2 Å². The van der Waals surface area contributed by atoms with E-state index in [1.807, 2.05) is 19.1 Å². The van der Waals surface area contributed by atoms with Gasteiger partial charge in [0.05, 0.1) is 6.61 Å². The van der Waals surface area contributed by atoms with Crippen molar-refractivity contribution in [2.24, 2.45) is 5.73 Å². The zero-order valence-electron chi connectivity index (χ0n) is 9.79. The molecule has 1 unspecified atom stereocenters. The van der Waals surface area contributed by atoms with Crippen LogP contribution in [0.4, 0.5) is 4.39 Å². The summed E-state index contributed by atoms with van der Waals surface area (Å²) < 4.78 is 18.9. The molecular formula is C13H18FNO. The highest BCUT2D eigenvalue weighted by Gasteiger charge is 2.48. The van der Waals surface area contributed by atoms with Crippen LogP contribution in [-0.2, 0) is 16.8 Å². The van der Waals surface area contributed by atoms with E-state index in [0.29, 0.717) is 6.61 Å². The van der Waals surface area contributed by atoms with Crippen LogP contribution in [0.15, 0.2) is 18.2 Å². The van der Waals surface area contributed by atoms with Gasteiger partial charge in [-0.15, -0.1) is 0 Å². The van der Waals surface area contributed by atoms with Gasteiger partial charge >= 0.3 is 0 Å². The van der Waals surface area contributed by atoms with E-state index in [9.17, 15) is 4.39 Å². The van der Waals surface area contributed by atoms with Crippen molar-refractivity contribution in [3.8, 4) is 0 Å². The van der Waals surface area contributed by atoms with Gasteiger partial charge in [-0.1, -0.05) is 12.1 Å². The summed E-state index contributed by atoms with van der Waals surface area (Å²) in [5, 5.41) is 0. The van der Waals surface area contributed by atoms with Gasteiger partial charge in [0, 0.05) is 18.6 Å². The molecule has 1 aliphatic carbocycles. The number of hydrogen-bond acceptors (Lipinski definition) is 2. The lowest BCUT2D eigenvalue weighted by Gasteiger charge is -2.21. The van der Waals surface area contributed by atoms with Gasteiger partial charge < -0.3 is 10.5 Å². The molecule has 0 radical (unpaired) electrons. The molecule has 3 heteroatoms. The van der Waals surface area contributed by atoms with E-state index < -0.39 is 0 Å². The fourth-order valence-electron chi connectivity index (χ4n) is 2.32. The third kappa shape index (κ3) is 1.85. The third-order valence-corrected chi connectivity index (χ3v) is 3.54. The van der Waals surface area contributed by atoms with Crippen molar-refractivity contribution in [2.45, 2.75) is 37.8 Å². The van der Waals surface area contributed by atoms with Gasteiger partial charge in [-0.25, -0.2) is 4.39 Å². The number of halogens is 1. The quantitative estimate of drug-likeness (QED) is 0.850. The van der Waals surface area contributed by atoms with E-state index >= 15 is 0 Å². The first-order valence-corrected chi connectivity index (χ1v) is 5.63. The Bertz CT molecular complexity index is 386. The van der Waals surface area contributed by atoms with E-state index in [1.54, 1.807) is 13.2 Å². The molecule has 16 heavy (non-hydrogen) atoms. The van der Waals surface area contributed by atoms with Crippen molar-refractivity contribution in [1.82, 2.24) is 0 Å². The predicted molar refractivity (Wildman–Crippen MR) is 61.7 cm³/mol. The number of methoxy groups -OCH3 is 1. The van der Waals surface area contributed by atoms with Crippen LogP contribution < -0.4 is 5.73 Å². The van der Waals surface area contributed by atoms with Crippen LogP contribution in [0.25, 0.3) is 0 Å². The number of rotatable bonds is 4. The Morgan fingerprint density at radius 1 is 1.50 bits per heavy atom. The molecular weight excluding hydrogens is 205 g/mol. The molecule has 0 amide bonds. The standard InChI is InChI=1S/C13H18FNO/c1-9(15)13(5-6-13)11-4-3-10(8-16-2)7-12(11)14/h3-4,7,9H,5-6,8,15H2,1-2H3. The zero-order valence-corrected chi connectivity index (χ0v) is 9.79. The maximum absolute atomic E-state index is 14.0. The lowest BCUT2D eigenvalue weighted by atomic mass is 9.88. The SMILES string of the molecule is COCc1ccc(C2(C(C)N)CC2)c(F)c1. The molecule has 2 rings (SSSR count). The second-order valence-electron chi connectivity index (χ2n) is 4.69. The van der Waals surface area contributed by atoms with Crippen molar-refractivity contribution >= 4 is 0 Å². The molecule has 0 heterocycles. The fourth-order valence-corrected chi connectivity index (χ4v) is 2.32. The molecule has 1 aromatic carbocycles. The van der Waals surface area contributed by atoms with Gasteiger partial charge in [-0.3, -0.25) is 0 Å². The summed E-state index contributed by atoms with van der Waals surface area (Å²) in [6, 6.07) is 5.35. The first-order chi connectivity index (χ1) is 7.60. The Morgan fingerprint density at radius 3 is 2.62 bits per heavy atom. The van der Waals surface area contributed by atoms with Crippen LogP contribution in [0.1, 0.15) is 30.9 Å². The number of nitrogens with two attached hydrogens (primary N) is 1. The molecule has 88 valence electrons. The molecule has 2 N–H and O–H groups in total. The minimum atomic E-state index is -0.149. The molecule has 1 fully saturated rings. The van der Waals surface area contributed by atoms with Crippen LogP contribution in [0.2, 0.25) is 0 Å². The van der Waals surface area contributed by atoms with E-state index in [1.165, 1.54) is 0 Å². The van der Waals surface area contributed by atoms with E-state index in [0.717, 1.165) is 24.0 Å². The highest BCUT2D eigenvalue weighted by molar-refractivity contribution is 5.36. The van der Waals surface area contributed by atoms with Gasteiger partial charge in [0.2, 0.25) is 0 Å². The second kappa shape index (κ2) is 4.15. The van der Waals surface area contributed by atoms with Crippen LogP contribution in [0.3, 0.4) is 0 Å². The smallest absolute Gasteiger partial charge is 0.127 e. The summed E-state index contributed by atoms with van der Waals surface area (Å²) in [5.74, 6) is -0.149. The predicted octanol–water partition coefficient (Wildman–Crippen LogP) is 2.35. The van der Waals surface area contributed by atoms with Crippen LogP contribution in [0, 0.1) is 5.82 Å². The Kier molecular flexibility index (Phi) is 3.00. The molecule has 1 saturated carbocycles. The Balaban J connectivity index is 2.30. The van der Waals surface area contributed by atoms with Crippen molar-refractivity contribution in [3.05, 3.63) is 35.1 Å². The minimum absolute atomic E-state index is 0.00951. The fraction of sp³-hybridized carbons (Fsp3) is 0.538. The lowest BCUT2D eigenvalue weighted by molar-refractivity contribution is 0.184. The molecule has 2 nitrogen and oxygen atoms in total. The van der Waals surface area contributed by atoms with E-state index in [-0.39, 0.29) is 17.3 Å². The Morgan fingerprint density at radius 2 is 2.19 bits per heavy atom. The van der Waals surface area contributed by atoms with Crippen LogP contribution >= 0.6 is 0 Å². The van der Waals surface area contributed by atoms with Gasteiger partial charge in [0.1, 0.15) is 5.82 Å². The van der Waals surface area contributed by atoms with Crippen molar-refractivity contribution in [3.63, 3.8) is 0 Å². The molecule has 1 atom stereocenters. The molecule has 0 bridgehead atoms. The summed E-state index contributed by atoms with van der Waals surface area (Å²) in [6.45, 7) is 2.40. The summed E-state index contributed by atoms with van der Waals surface area (Å²) in [5.41, 5.74) is 7.45. The second-order valence-corrected chi connectivity index (χ2v) is 4.69. The zero-order chi connectivity index (χ0) is 11.8. The average molecular weight is 223 g/mol. The molecule has 1 aliphatic rings. The van der Waals surface area contributed by atoms with Gasteiger partial charge in [-0.05, 0) is 37.0 Å². The third-order valence-electron chi connectivity index (χ3n) is 3.54. The van der Waals surface area contributed by atoms with Gasteiger partial charge in [0.15, 0.2) is 0 Å². The van der Waals surface area contributed by atoms with E-state index in [2.05, 4.69) is 0 Å². The Hall–Kier alpha value is -0.930. The number of benzene rings is 1. The first-order valence-electron chi connectivity index (χ1n) is 5.63. The monoisotopic (exact) mass is 223 g/mol. The molecule has 1 aromatic rings. The Labute approximate surface area is 95.6 Å². The molecule has 0 spiro atoms. The van der Waals surface area contributed by atoms with Gasteiger partial charge in [0.25, 0.3) is 0 Å². The molecule has 0 aliphatic heterocycles. The summed E-state index contributed by atoms with van der Waals surface area (Å²) in [4.78, 5) is 0. The number of hydrogen-bond donors (Lipinski definition) is 1. The average Bonchev–Trinajstić information content (AvgIpc) is 2.99. The van der Waals surface area contributed by atoms with Gasteiger partial charge in [-0.2, -0.15) is 0 Å². The largest absolute Gasteiger partial charge is 0.380 e. The molecule has 0 saturated heterocycles. The van der Waals surface area contributed by atoms with Crippen molar-refractivity contribution < 1.29 is 9.13 Å². The summed E-state index contributed by atoms with van der Waals surface area (Å²) >= 11 is 0. The molecule has 0 aromatic heterocycles. The normalized spacial score (nSPS) is 19.5. The first kappa shape index (κ1) is 11.6. The maximum atomic E-state index is 14.0. The van der Waals surface area contributed by atoms with Crippen LogP contribution in [0.5, 0.6) is 0 Å². The highest BCUT2D eigenvalue weighted by atomic mass is 19.1.